The van der Waals surface area contributed by atoms with Gasteiger partial charge in [0.15, 0.2) is 0 Å². The van der Waals surface area contributed by atoms with Gasteiger partial charge in [0.1, 0.15) is 17.2 Å². The van der Waals surface area contributed by atoms with Gasteiger partial charge in [0, 0.05) is 34.5 Å². The largest absolute Gasteiger partial charge is 0.497 e. The first-order valence-electron chi connectivity index (χ1n) is 10.1. The number of ether oxygens (including phenoxy) is 2. The van der Waals surface area contributed by atoms with Crippen molar-refractivity contribution < 1.29 is 14.3 Å². The van der Waals surface area contributed by atoms with Crippen molar-refractivity contribution in [1.82, 2.24) is 15.3 Å². The number of nitrogens with zero attached hydrogens (tertiary/aromatic N) is 1. The molecule has 0 saturated carbocycles. The highest BCUT2D eigenvalue weighted by molar-refractivity contribution is 6.13. The molecule has 0 fully saturated rings. The van der Waals surface area contributed by atoms with Crippen molar-refractivity contribution in [2.75, 3.05) is 20.8 Å². The van der Waals surface area contributed by atoms with Crippen molar-refractivity contribution >= 4 is 27.7 Å². The maximum absolute atomic E-state index is 12.8. The minimum atomic E-state index is -0.177. The van der Waals surface area contributed by atoms with Crippen LogP contribution in [0, 0.1) is 0 Å². The molecule has 0 aliphatic rings. The van der Waals surface area contributed by atoms with Gasteiger partial charge in [0.2, 0.25) is 0 Å². The second-order valence-corrected chi connectivity index (χ2v) is 7.12. The molecule has 0 unspecified atom stereocenters. The molecule has 154 valence electrons. The van der Waals surface area contributed by atoms with Gasteiger partial charge in [0.25, 0.3) is 5.91 Å². The zero-order valence-electron chi connectivity index (χ0n) is 17.4. The molecule has 0 radical (unpaired) electrons. The van der Waals surface area contributed by atoms with E-state index in [9.17, 15) is 4.79 Å². The van der Waals surface area contributed by atoms with E-state index in [1.165, 1.54) is 0 Å². The summed E-state index contributed by atoms with van der Waals surface area (Å²) >= 11 is 0. The van der Waals surface area contributed by atoms with Crippen LogP contribution in [0.3, 0.4) is 0 Å². The molecule has 6 nitrogen and oxygen atoms in total. The number of hydrogen-bond acceptors (Lipinski definition) is 4. The van der Waals surface area contributed by atoms with Crippen molar-refractivity contribution in [2.24, 2.45) is 0 Å². The molecule has 6 heteroatoms. The molecule has 0 atom stereocenters. The fraction of sp³-hybridized carbons (Fsp3) is 0.250. The van der Waals surface area contributed by atoms with Crippen LogP contribution in [0.2, 0.25) is 0 Å². The minimum Gasteiger partial charge on any atom is -0.497 e. The van der Waals surface area contributed by atoms with Crippen LogP contribution in [0.1, 0.15) is 30.3 Å². The van der Waals surface area contributed by atoms with Crippen LogP contribution in [-0.2, 0) is 0 Å². The molecule has 0 spiro atoms. The molecular formula is C24H25N3O3. The van der Waals surface area contributed by atoms with Gasteiger partial charge >= 0.3 is 0 Å². The zero-order chi connectivity index (χ0) is 21.1. The summed E-state index contributed by atoms with van der Waals surface area (Å²) in [5.74, 6) is 1.15. The summed E-state index contributed by atoms with van der Waals surface area (Å²) < 4.78 is 10.9. The van der Waals surface area contributed by atoms with Gasteiger partial charge in [-0.3, -0.25) is 4.79 Å². The van der Waals surface area contributed by atoms with Crippen LogP contribution >= 0.6 is 0 Å². The van der Waals surface area contributed by atoms with Crippen molar-refractivity contribution in [3.05, 3.63) is 54.2 Å². The Morgan fingerprint density at radius 1 is 1.07 bits per heavy atom. The molecule has 4 aromatic rings. The molecule has 2 aromatic heterocycles. The first-order chi connectivity index (χ1) is 14.7. The summed E-state index contributed by atoms with van der Waals surface area (Å²) in [7, 11) is 3.23. The quantitative estimate of drug-likeness (QED) is 0.429. The standard InChI is InChI=1S/C24H25N3O3/c1-4-5-12-25-24(28)20-14-18-16-8-6-7-9-19(16)26-23(18)22(27-20)17-11-10-15(29-2)13-21(17)30-3/h6-11,13-14,26H,4-5,12H2,1-3H3,(H,25,28). The highest BCUT2D eigenvalue weighted by Crippen LogP contribution is 2.38. The number of pyridine rings is 1. The summed E-state index contributed by atoms with van der Waals surface area (Å²) in [5.41, 5.74) is 3.70. The first-order valence-corrected chi connectivity index (χ1v) is 10.1. The van der Waals surface area contributed by atoms with Crippen molar-refractivity contribution in [2.45, 2.75) is 19.8 Å². The number of rotatable bonds is 7. The number of fused-ring (bicyclic) bond motifs is 3. The predicted molar refractivity (Wildman–Crippen MR) is 119 cm³/mol. The van der Waals surface area contributed by atoms with E-state index in [0.717, 1.165) is 40.2 Å². The average Bonchev–Trinajstić information content (AvgIpc) is 3.17. The van der Waals surface area contributed by atoms with Crippen LogP contribution in [-0.4, -0.2) is 36.6 Å². The second kappa shape index (κ2) is 8.45. The Morgan fingerprint density at radius 2 is 1.90 bits per heavy atom. The molecule has 1 amide bonds. The maximum atomic E-state index is 12.8. The Morgan fingerprint density at radius 3 is 2.67 bits per heavy atom. The number of carbonyl (C=O) groups excluding carboxylic acids is 1. The molecule has 2 aromatic carbocycles. The summed E-state index contributed by atoms with van der Waals surface area (Å²) in [6, 6.07) is 15.5. The van der Waals surface area contributed by atoms with Gasteiger partial charge in [-0.05, 0) is 30.7 Å². The lowest BCUT2D eigenvalue weighted by atomic mass is 10.0. The topological polar surface area (TPSA) is 76.2 Å². The van der Waals surface area contributed by atoms with Gasteiger partial charge in [0.05, 0.1) is 25.4 Å². The van der Waals surface area contributed by atoms with E-state index in [1.807, 2.05) is 48.5 Å². The highest BCUT2D eigenvalue weighted by atomic mass is 16.5. The average molecular weight is 403 g/mol. The Kier molecular flexibility index (Phi) is 5.57. The fourth-order valence-corrected chi connectivity index (χ4v) is 3.62. The van der Waals surface area contributed by atoms with Crippen LogP contribution in [0.25, 0.3) is 33.1 Å². The van der Waals surface area contributed by atoms with Gasteiger partial charge in [-0.25, -0.2) is 4.98 Å². The lowest BCUT2D eigenvalue weighted by Gasteiger charge is -2.12. The number of aromatic nitrogens is 2. The third-order valence-electron chi connectivity index (χ3n) is 5.21. The van der Waals surface area contributed by atoms with Gasteiger partial charge < -0.3 is 19.8 Å². The summed E-state index contributed by atoms with van der Waals surface area (Å²) in [5, 5.41) is 4.97. The van der Waals surface area contributed by atoms with E-state index < -0.39 is 0 Å². The molecule has 30 heavy (non-hydrogen) atoms. The number of carbonyl (C=O) groups is 1. The Labute approximate surface area is 175 Å². The van der Waals surface area contributed by atoms with Crippen LogP contribution in [0.4, 0.5) is 0 Å². The summed E-state index contributed by atoms with van der Waals surface area (Å²) in [4.78, 5) is 21.0. The number of aromatic amines is 1. The number of hydrogen-bond donors (Lipinski definition) is 2. The van der Waals surface area contributed by atoms with E-state index in [-0.39, 0.29) is 5.91 Å². The number of methoxy groups -OCH3 is 2. The Bertz CT molecular complexity index is 1210. The molecule has 2 N–H and O–H groups in total. The molecular weight excluding hydrogens is 378 g/mol. The number of unbranched alkanes of at least 4 members (excludes halogenated alkanes) is 1. The fourth-order valence-electron chi connectivity index (χ4n) is 3.62. The number of para-hydroxylation sites is 1. The van der Waals surface area contributed by atoms with Crippen LogP contribution in [0.15, 0.2) is 48.5 Å². The number of nitrogens with one attached hydrogen (secondary N) is 2. The Hall–Kier alpha value is -3.54. The summed E-state index contributed by atoms with van der Waals surface area (Å²) in [6.07, 6.45) is 1.95. The SMILES string of the molecule is CCCCNC(=O)c1cc2c([nH]c3ccccc32)c(-c2ccc(OC)cc2OC)n1. The minimum absolute atomic E-state index is 0.177. The summed E-state index contributed by atoms with van der Waals surface area (Å²) in [6.45, 7) is 2.72. The second-order valence-electron chi connectivity index (χ2n) is 7.12. The number of benzene rings is 2. The molecule has 2 heterocycles. The molecule has 0 saturated heterocycles. The molecule has 0 bridgehead atoms. The van der Waals surface area contributed by atoms with Crippen molar-refractivity contribution in [3.63, 3.8) is 0 Å². The van der Waals surface area contributed by atoms with E-state index in [0.29, 0.717) is 29.4 Å². The maximum Gasteiger partial charge on any atom is 0.269 e. The normalized spacial score (nSPS) is 11.0. The van der Waals surface area contributed by atoms with Crippen LogP contribution in [0.5, 0.6) is 11.5 Å². The molecule has 0 aliphatic heterocycles. The Balaban J connectivity index is 1.94. The van der Waals surface area contributed by atoms with Crippen LogP contribution < -0.4 is 14.8 Å². The number of H-pyrrole nitrogens is 1. The third kappa shape index (κ3) is 3.56. The molecule has 4 rings (SSSR count). The van der Waals surface area contributed by atoms with E-state index in [1.54, 1.807) is 14.2 Å². The molecule has 0 aliphatic carbocycles. The monoisotopic (exact) mass is 403 g/mol. The van der Waals surface area contributed by atoms with Gasteiger partial charge in [-0.15, -0.1) is 0 Å². The van der Waals surface area contributed by atoms with E-state index >= 15 is 0 Å². The predicted octanol–water partition coefficient (Wildman–Crippen LogP) is 4.93. The lowest BCUT2D eigenvalue weighted by molar-refractivity contribution is 0.0948. The third-order valence-corrected chi connectivity index (χ3v) is 5.21. The van der Waals surface area contributed by atoms with E-state index in [2.05, 4.69) is 17.2 Å². The highest BCUT2D eigenvalue weighted by Gasteiger charge is 2.19. The number of amides is 1. The lowest BCUT2D eigenvalue weighted by Crippen LogP contribution is -2.25. The van der Waals surface area contributed by atoms with Gasteiger partial charge in [-0.2, -0.15) is 0 Å². The van der Waals surface area contributed by atoms with E-state index in [4.69, 9.17) is 14.5 Å². The van der Waals surface area contributed by atoms with Crippen molar-refractivity contribution in [3.8, 4) is 22.8 Å². The zero-order valence-corrected chi connectivity index (χ0v) is 17.4. The smallest absolute Gasteiger partial charge is 0.269 e. The van der Waals surface area contributed by atoms with Crippen molar-refractivity contribution in [1.29, 1.82) is 0 Å². The first kappa shape index (κ1) is 19.8. The van der Waals surface area contributed by atoms with Gasteiger partial charge in [-0.1, -0.05) is 31.5 Å².